The zero-order chi connectivity index (χ0) is 49.8. The third-order valence-electron chi connectivity index (χ3n) is 9.60. The molecule has 3 amide bonds. The number of carbonyl (C=O) groups excluding carboxylic acids is 5. The fraction of sp³-hybridized carbons (Fsp3) is 0.449. The number of esters is 1. The van der Waals surface area contributed by atoms with Gasteiger partial charge in [0.1, 0.15) is 12.2 Å². The molecule has 0 unspecified atom stereocenters. The van der Waals surface area contributed by atoms with E-state index in [0.717, 1.165) is 37.7 Å². The van der Waals surface area contributed by atoms with Crippen LogP contribution in [0, 0.1) is 0 Å². The molecule has 69 heavy (non-hydrogen) atoms. The minimum atomic E-state index is -0.714. The predicted octanol–water partition coefficient (Wildman–Crippen LogP) is 6.58. The second-order valence-electron chi connectivity index (χ2n) is 15.9. The molecular formula is C49H66N6O13S. The van der Waals surface area contributed by atoms with Gasteiger partial charge >= 0.3 is 18.2 Å². The molecule has 5 N–H and O–H groups in total. The number of phenolic OH excluding ortho intramolecular Hbond substituents is 1. The van der Waals surface area contributed by atoms with E-state index >= 15 is 0 Å². The van der Waals surface area contributed by atoms with Gasteiger partial charge in [-0.3, -0.25) is 20.2 Å². The van der Waals surface area contributed by atoms with Crippen molar-refractivity contribution in [3.63, 3.8) is 0 Å². The zero-order valence-corrected chi connectivity index (χ0v) is 40.9. The average Bonchev–Trinajstić information content (AvgIpc) is 3.61. The summed E-state index contributed by atoms with van der Waals surface area (Å²) in [6.07, 6.45) is 3.34. The lowest BCUT2D eigenvalue weighted by Crippen LogP contribution is -2.28. The van der Waals surface area contributed by atoms with Crippen LogP contribution < -0.4 is 26.0 Å². The number of ketones is 1. The van der Waals surface area contributed by atoms with Crippen molar-refractivity contribution in [2.75, 3.05) is 130 Å². The van der Waals surface area contributed by atoms with Crippen molar-refractivity contribution in [2.24, 2.45) is 0 Å². The molecule has 0 saturated carbocycles. The number of aromatic hydroxyl groups is 1. The van der Waals surface area contributed by atoms with E-state index < -0.39 is 29.8 Å². The van der Waals surface area contributed by atoms with E-state index in [1.807, 2.05) is 68.3 Å². The molecule has 4 rings (SSSR count). The quantitative estimate of drug-likeness (QED) is 0.0151. The molecule has 0 radical (unpaired) electrons. The summed E-state index contributed by atoms with van der Waals surface area (Å²) in [6, 6.07) is 18.4. The molecule has 0 spiro atoms. The van der Waals surface area contributed by atoms with Crippen LogP contribution in [0.5, 0.6) is 11.5 Å². The number of phenols is 1. The first kappa shape index (κ1) is 55.4. The molecule has 1 aliphatic rings. The van der Waals surface area contributed by atoms with Crippen LogP contribution in [-0.4, -0.2) is 159 Å². The number of nitrogens with zero attached hydrogens (tertiary/aromatic N) is 2. The summed E-state index contributed by atoms with van der Waals surface area (Å²) in [5.41, 5.74) is 1.86. The Balaban J connectivity index is 1.12. The lowest BCUT2D eigenvalue weighted by molar-refractivity contribution is -0.139. The molecule has 1 aliphatic heterocycles. The molecule has 0 saturated heterocycles. The Labute approximate surface area is 408 Å². The van der Waals surface area contributed by atoms with Gasteiger partial charge < -0.3 is 58.7 Å². The van der Waals surface area contributed by atoms with Crippen LogP contribution in [0.15, 0.2) is 82.2 Å². The minimum absolute atomic E-state index is 0.0790. The number of hydrogen-bond acceptors (Lipinski definition) is 17. The summed E-state index contributed by atoms with van der Waals surface area (Å²) in [4.78, 5) is 68.5. The minimum Gasteiger partial charge on any atom is -0.504 e. The summed E-state index contributed by atoms with van der Waals surface area (Å²) in [5.74, 6) is -1.54. The van der Waals surface area contributed by atoms with Crippen molar-refractivity contribution >= 4 is 64.7 Å². The smallest absolute Gasteiger partial charge is 0.411 e. The van der Waals surface area contributed by atoms with Gasteiger partial charge in [-0.1, -0.05) is 36.0 Å². The van der Waals surface area contributed by atoms with Gasteiger partial charge in [0.05, 0.1) is 69.4 Å². The number of para-hydroxylation sites is 1. The Kier molecular flexibility index (Phi) is 25.0. The summed E-state index contributed by atoms with van der Waals surface area (Å²) < 4.78 is 38.2. The molecule has 0 fully saturated rings. The van der Waals surface area contributed by atoms with Crippen LogP contribution in [0.4, 0.5) is 26.7 Å². The summed E-state index contributed by atoms with van der Waals surface area (Å²) in [6.45, 7) is 5.93. The van der Waals surface area contributed by atoms with Gasteiger partial charge in [-0.15, -0.1) is 0 Å². The maximum Gasteiger partial charge on any atom is 0.411 e. The normalized spacial score (nSPS) is 12.9. The fourth-order valence-electron chi connectivity index (χ4n) is 6.25. The monoisotopic (exact) mass is 978 g/mol. The van der Waals surface area contributed by atoms with Crippen LogP contribution in [0.25, 0.3) is 6.08 Å². The molecule has 3 aromatic carbocycles. The van der Waals surface area contributed by atoms with Gasteiger partial charge in [0.2, 0.25) is 5.78 Å². The van der Waals surface area contributed by atoms with Crippen molar-refractivity contribution in [1.29, 1.82) is 0 Å². The lowest BCUT2D eigenvalue weighted by atomic mass is 10.1. The van der Waals surface area contributed by atoms with Crippen molar-refractivity contribution in [1.82, 2.24) is 15.1 Å². The van der Waals surface area contributed by atoms with Gasteiger partial charge in [-0.2, -0.15) is 0 Å². The first-order chi connectivity index (χ1) is 33.3. The first-order valence-corrected chi connectivity index (χ1v) is 23.6. The highest BCUT2D eigenvalue weighted by Gasteiger charge is 2.35. The van der Waals surface area contributed by atoms with Crippen molar-refractivity contribution in [3.05, 3.63) is 93.4 Å². The second kappa shape index (κ2) is 31.1. The van der Waals surface area contributed by atoms with Crippen molar-refractivity contribution < 1.29 is 62.2 Å². The molecule has 0 aromatic heterocycles. The number of unbranched alkanes of at least 4 members (excludes halogenated alkanes) is 2. The van der Waals surface area contributed by atoms with Gasteiger partial charge in [0.25, 0.3) is 5.91 Å². The summed E-state index contributed by atoms with van der Waals surface area (Å²) >= 11 is 1.11. The molecule has 19 nitrogen and oxygen atoms in total. The second-order valence-corrected chi connectivity index (χ2v) is 16.9. The van der Waals surface area contributed by atoms with E-state index in [4.69, 9.17) is 33.2 Å². The third kappa shape index (κ3) is 21.4. The Bertz CT molecular complexity index is 2140. The number of anilines is 3. The lowest BCUT2D eigenvalue weighted by Gasteiger charge is -2.13. The number of carbonyl (C=O) groups is 5. The van der Waals surface area contributed by atoms with Crippen LogP contribution in [0.1, 0.15) is 48.5 Å². The topological polar surface area (TPSA) is 225 Å². The van der Waals surface area contributed by atoms with Crippen LogP contribution in [0.2, 0.25) is 0 Å². The highest BCUT2D eigenvalue weighted by molar-refractivity contribution is 8.08. The molecule has 0 bridgehead atoms. The average molecular weight is 979 g/mol. The Hall–Kier alpha value is -6.16. The van der Waals surface area contributed by atoms with Gasteiger partial charge in [0.15, 0.2) is 11.5 Å². The van der Waals surface area contributed by atoms with Crippen molar-refractivity contribution in [2.45, 2.75) is 32.6 Å². The van der Waals surface area contributed by atoms with E-state index in [2.05, 4.69) is 21.3 Å². The Morgan fingerprint density at radius 3 is 1.81 bits per heavy atom. The highest BCUT2D eigenvalue weighted by atomic mass is 32.2. The SMILES string of the molecule is CCOC(=O)C1=C(Nc2ccccc2)S/C(=C\c2ccc(OCCOCCOCCOCCNC(=O)c3cc(NC(=O)OCCCCN(C)C)cc(NC(=O)OCCCCN(C)C)c3)c(O)c2)C1=O. The van der Waals surface area contributed by atoms with E-state index in [0.29, 0.717) is 53.8 Å². The molecule has 0 aliphatic carbocycles. The van der Waals surface area contributed by atoms with Crippen molar-refractivity contribution in [3.8, 4) is 11.5 Å². The Morgan fingerprint density at radius 2 is 1.25 bits per heavy atom. The van der Waals surface area contributed by atoms with Gasteiger partial charge in [-0.25, -0.2) is 14.4 Å². The molecule has 3 aromatic rings. The number of allylic oxidation sites excluding steroid dienone is 1. The number of rotatable bonds is 31. The number of benzene rings is 3. The number of thioether (sulfide) groups is 1. The number of ether oxygens (including phenoxy) is 7. The molecule has 20 heteroatoms. The molecule has 1 heterocycles. The molecule has 0 atom stereocenters. The fourth-order valence-corrected chi connectivity index (χ4v) is 7.30. The maximum atomic E-state index is 13.3. The predicted molar refractivity (Wildman–Crippen MR) is 265 cm³/mol. The third-order valence-corrected chi connectivity index (χ3v) is 10.6. The van der Waals surface area contributed by atoms with E-state index in [-0.39, 0.29) is 86.8 Å². The van der Waals surface area contributed by atoms with Gasteiger partial charge in [0, 0.05) is 29.2 Å². The van der Waals surface area contributed by atoms with Gasteiger partial charge in [-0.05, 0) is 128 Å². The Morgan fingerprint density at radius 1 is 0.667 bits per heavy atom. The van der Waals surface area contributed by atoms with E-state index in [1.54, 1.807) is 25.1 Å². The maximum absolute atomic E-state index is 13.3. The summed E-state index contributed by atoms with van der Waals surface area (Å²) in [5, 5.41) is 22.2. The first-order valence-electron chi connectivity index (χ1n) is 22.8. The van der Waals surface area contributed by atoms with E-state index in [9.17, 15) is 29.1 Å². The standard InChI is InChI=1S/C49H66N6O13S/c1-6-65-47(59)43-44(57)42(69-46(43)51-37-14-8-7-9-15-37)31-35-16-17-41(40(56)30-35)66-29-28-64-27-26-63-25-24-62-23-18-50-45(58)36-32-38(52-48(60)67-21-12-10-19-54(2)3)34-39(33-36)53-49(61)68-22-13-11-20-55(4)5/h7-9,14-17,30-34,51,56H,6,10-13,18-29H2,1-5H3,(H,50,58)(H,52,60)(H,53,61)/b42-31-. The number of amides is 3. The summed E-state index contributed by atoms with van der Waals surface area (Å²) in [7, 11) is 7.89. The molecule has 376 valence electrons. The zero-order valence-electron chi connectivity index (χ0n) is 40.1. The number of Topliss-reactive ketones (excluding diaryl/α,β-unsaturated/α-hetero) is 1. The van der Waals surface area contributed by atoms with Crippen LogP contribution in [0.3, 0.4) is 0 Å². The molecular weight excluding hydrogens is 913 g/mol. The van der Waals surface area contributed by atoms with Crippen LogP contribution in [-0.2, 0) is 38.0 Å². The largest absolute Gasteiger partial charge is 0.504 e. The highest BCUT2D eigenvalue weighted by Crippen LogP contribution is 2.41. The van der Waals surface area contributed by atoms with Crippen LogP contribution >= 0.6 is 11.8 Å². The number of hydrogen-bond donors (Lipinski definition) is 5. The number of nitrogens with one attached hydrogen (secondary N) is 4. The van der Waals surface area contributed by atoms with E-state index in [1.165, 1.54) is 24.3 Å².